The van der Waals surface area contributed by atoms with E-state index in [2.05, 4.69) is 0 Å². The third-order valence-electron chi connectivity index (χ3n) is 2.88. The molecule has 0 atom stereocenters. The SMILES string of the molecule is Cc1ccc([N+](=O)[O-])n1CCOC(=O)c1ccc([N+](=O)[O-])o1. The fourth-order valence-corrected chi connectivity index (χ4v) is 1.84. The maximum absolute atomic E-state index is 11.6. The Balaban J connectivity index is 1.96. The van der Waals surface area contributed by atoms with Gasteiger partial charge < -0.3 is 19.3 Å². The van der Waals surface area contributed by atoms with Crippen molar-refractivity contribution >= 4 is 17.7 Å². The van der Waals surface area contributed by atoms with E-state index < -0.39 is 21.7 Å². The first-order valence-electron chi connectivity index (χ1n) is 6.12. The molecule has 2 aromatic heterocycles. The highest BCUT2D eigenvalue weighted by Crippen LogP contribution is 2.18. The number of nitrogens with zero attached hydrogens (tertiary/aromatic N) is 3. The molecular weight excluding hydrogens is 298 g/mol. The predicted octanol–water partition coefficient (Wildman–Crippen LogP) is 2.06. The standard InChI is InChI=1S/C12H11N3O7/c1-8-2-4-10(14(17)18)13(8)6-7-21-12(16)9-3-5-11(22-9)15(19)20/h2-5H,6-7H2,1H3. The first kappa shape index (κ1) is 15.2. The Morgan fingerprint density at radius 2 is 1.95 bits per heavy atom. The molecule has 0 fully saturated rings. The molecular formula is C12H11N3O7. The van der Waals surface area contributed by atoms with Gasteiger partial charge in [-0.25, -0.2) is 9.36 Å². The van der Waals surface area contributed by atoms with Crippen molar-refractivity contribution < 1.29 is 23.8 Å². The van der Waals surface area contributed by atoms with E-state index in [0.29, 0.717) is 5.69 Å². The Kier molecular flexibility index (Phi) is 4.20. The topological polar surface area (TPSA) is 131 Å². The summed E-state index contributed by atoms with van der Waals surface area (Å²) in [5.41, 5.74) is 0.649. The number of carbonyl (C=O) groups excluding carboxylic acids is 1. The number of nitro groups is 2. The highest BCUT2D eigenvalue weighted by Gasteiger charge is 2.20. The van der Waals surface area contributed by atoms with E-state index in [1.54, 1.807) is 13.0 Å². The molecule has 22 heavy (non-hydrogen) atoms. The zero-order valence-electron chi connectivity index (χ0n) is 11.4. The van der Waals surface area contributed by atoms with Gasteiger partial charge in [-0.2, -0.15) is 0 Å². The van der Waals surface area contributed by atoms with Gasteiger partial charge in [0.15, 0.2) is 0 Å². The highest BCUT2D eigenvalue weighted by molar-refractivity contribution is 5.86. The Morgan fingerprint density at radius 3 is 2.55 bits per heavy atom. The van der Waals surface area contributed by atoms with E-state index in [0.717, 1.165) is 12.1 Å². The van der Waals surface area contributed by atoms with Crippen LogP contribution in [0.25, 0.3) is 0 Å². The van der Waals surface area contributed by atoms with Crippen LogP contribution in [0.3, 0.4) is 0 Å². The van der Waals surface area contributed by atoms with Crippen molar-refractivity contribution in [3.05, 3.63) is 55.9 Å². The van der Waals surface area contributed by atoms with Gasteiger partial charge in [0.25, 0.3) is 0 Å². The summed E-state index contributed by atoms with van der Waals surface area (Å²) in [4.78, 5) is 31.6. The van der Waals surface area contributed by atoms with Crippen LogP contribution in [0, 0.1) is 27.2 Å². The number of hydrogen-bond donors (Lipinski definition) is 0. The fourth-order valence-electron chi connectivity index (χ4n) is 1.84. The molecule has 0 unspecified atom stereocenters. The van der Waals surface area contributed by atoms with Gasteiger partial charge in [0.05, 0.1) is 6.07 Å². The summed E-state index contributed by atoms with van der Waals surface area (Å²) in [5.74, 6) is -1.85. The summed E-state index contributed by atoms with van der Waals surface area (Å²) >= 11 is 0. The molecule has 0 saturated heterocycles. The van der Waals surface area contributed by atoms with Crippen LogP contribution in [0.15, 0.2) is 28.7 Å². The number of aromatic nitrogens is 1. The molecule has 0 aliphatic carbocycles. The van der Waals surface area contributed by atoms with Crippen molar-refractivity contribution in [2.45, 2.75) is 13.5 Å². The second kappa shape index (κ2) is 6.08. The molecule has 10 heteroatoms. The number of furan rings is 1. The van der Waals surface area contributed by atoms with E-state index in [-0.39, 0.29) is 24.7 Å². The summed E-state index contributed by atoms with van der Waals surface area (Å²) in [7, 11) is 0. The minimum atomic E-state index is -0.874. The number of aryl methyl sites for hydroxylation is 1. The van der Waals surface area contributed by atoms with Crippen molar-refractivity contribution in [1.29, 1.82) is 0 Å². The summed E-state index contributed by atoms with van der Waals surface area (Å²) in [6.45, 7) is 1.64. The Morgan fingerprint density at radius 1 is 1.23 bits per heavy atom. The van der Waals surface area contributed by atoms with Crippen LogP contribution in [0.1, 0.15) is 16.2 Å². The van der Waals surface area contributed by atoms with Crippen molar-refractivity contribution in [3.8, 4) is 0 Å². The maximum atomic E-state index is 11.6. The number of rotatable bonds is 6. The molecule has 10 nitrogen and oxygen atoms in total. The van der Waals surface area contributed by atoms with Gasteiger partial charge in [0, 0.05) is 6.07 Å². The van der Waals surface area contributed by atoms with Gasteiger partial charge in [-0.3, -0.25) is 10.1 Å². The number of esters is 1. The van der Waals surface area contributed by atoms with Gasteiger partial charge in [0.2, 0.25) is 5.76 Å². The second-order valence-electron chi connectivity index (χ2n) is 4.27. The largest absolute Gasteiger partial charge is 0.456 e. The molecule has 2 aromatic rings. The highest BCUT2D eigenvalue weighted by atomic mass is 16.7. The predicted molar refractivity (Wildman–Crippen MR) is 71.5 cm³/mol. The van der Waals surface area contributed by atoms with Crippen LogP contribution < -0.4 is 0 Å². The second-order valence-corrected chi connectivity index (χ2v) is 4.27. The van der Waals surface area contributed by atoms with Crippen LogP contribution in [-0.2, 0) is 11.3 Å². The lowest BCUT2D eigenvalue weighted by atomic mass is 10.4. The molecule has 0 aliphatic rings. The van der Waals surface area contributed by atoms with Crippen molar-refractivity contribution in [1.82, 2.24) is 4.57 Å². The average Bonchev–Trinajstić information content (AvgIpc) is 3.06. The molecule has 0 aromatic carbocycles. The van der Waals surface area contributed by atoms with Crippen LogP contribution in [-0.4, -0.2) is 27.0 Å². The number of carbonyl (C=O) groups is 1. The molecule has 0 radical (unpaired) electrons. The van der Waals surface area contributed by atoms with E-state index >= 15 is 0 Å². The average molecular weight is 309 g/mol. The number of hydrogen-bond acceptors (Lipinski definition) is 7. The lowest BCUT2D eigenvalue weighted by molar-refractivity contribution is -0.402. The van der Waals surface area contributed by atoms with Gasteiger partial charge in [-0.1, -0.05) is 0 Å². The maximum Gasteiger partial charge on any atom is 0.433 e. The van der Waals surface area contributed by atoms with Crippen LogP contribution in [0.5, 0.6) is 0 Å². The first-order chi connectivity index (χ1) is 10.4. The van der Waals surface area contributed by atoms with E-state index in [1.807, 2.05) is 0 Å². The lowest BCUT2D eigenvalue weighted by Gasteiger charge is -2.04. The molecule has 0 spiro atoms. The minimum Gasteiger partial charge on any atom is -0.456 e. The van der Waals surface area contributed by atoms with E-state index in [1.165, 1.54) is 10.6 Å². The van der Waals surface area contributed by atoms with Crippen molar-refractivity contribution in [2.75, 3.05) is 6.61 Å². The summed E-state index contributed by atoms with van der Waals surface area (Å²) in [6.07, 6.45) is 0. The third-order valence-corrected chi connectivity index (χ3v) is 2.88. The van der Waals surface area contributed by atoms with Crippen molar-refractivity contribution in [3.63, 3.8) is 0 Å². The monoisotopic (exact) mass is 309 g/mol. The Hall–Kier alpha value is -3.17. The van der Waals surface area contributed by atoms with Gasteiger partial charge in [-0.05, 0) is 24.0 Å². The normalized spacial score (nSPS) is 10.4. The summed E-state index contributed by atoms with van der Waals surface area (Å²) in [5, 5.41) is 21.3. The Labute approximate surface area is 123 Å². The summed E-state index contributed by atoms with van der Waals surface area (Å²) in [6, 6.07) is 5.10. The molecule has 0 bridgehead atoms. The molecule has 0 aliphatic heterocycles. The van der Waals surface area contributed by atoms with Crippen LogP contribution >= 0.6 is 0 Å². The Bertz CT molecular complexity index is 731. The third kappa shape index (κ3) is 3.11. The van der Waals surface area contributed by atoms with E-state index in [4.69, 9.17) is 9.15 Å². The molecule has 2 rings (SSSR count). The lowest BCUT2D eigenvalue weighted by Crippen LogP contribution is -2.13. The zero-order valence-corrected chi connectivity index (χ0v) is 11.4. The molecule has 116 valence electrons. The number of ether oxygens (including phenoxy) is 1. The summed E-state index contributed by atoms with van der Waals surface area (Å²) < 4.78 is 11.0. The van der Waals surface area contributed by atoms with Crippen LogP contribution in [0.2, 0.25) is 0 Å². The first-order valence-corrected chi connectivity index (χ1v) is 6.12. The molecule has 0 amide bonds. The molecule has 0 N–H and O–H groups in total. The quantitative estimate of drug-likeness (QED) is 0.453. The molecule has 0 saturated carbocycles. The zero-order chi connectivity index (χ0) is 16.3. The fraction of sp³-hybridized carbons (Fsp3) is 0.250. The van der Waals surface area contributed by atoms with Crippen LogP contribution in [0.4, 0.5) is 11.7 Å². The van der Waals surface area contributed by atoms with E-state index in [9.17, 15) is 25.0 Å². The smallest absolute Gasteiger partial charge is 0.433 e. The van der Waals surface area contributed by atoms with Gasteiger partial charge >= 0.3 is 17.7 Å². The van der Waals surface area contributed by atoms with Gasteiger partial charge in [-0.15, -0.1) is 0 Å². The van der Waals surface area contributed by atoms with Gasteiger partial charge in [0.1, 0.15) is 23.8 Å². The minimum absolute atomic E-state index is 0.0870. The van der Waals surface area contributed by atoms with Crippen molar-refractivity contribution in [2.24, 2.45) is 0 Å². The molecule has 2 heterocycles.